The Morgan fingerprint density at radius 1 is 1.35 bits per heavy atom. The predicted octanol–water partition coefficient (Wildman–Crippen LogP) is 1.00. The predicted molar refractivity (Wildman–Crippen MR) is 57.7 cm³/mol. The number of aromatic nitrogens is 1. The minimum atomic E-state index is -1.20. The van der Waals surface area contributed by atoms with E-state index < -0.39 is 18.1 Å². The molecule has 0 spiro atoms. The molecule has 2 rings (SSSR count). The molecule has 2 N–H and O–H groups in total. The topological polar surface area (TPSA) is 90.7 Å². The number of carboxylic acid groups (broad SMARTS) is 2. The van der Waals surface area contributed by atoms with Gasteiger partial charge in [0.2, 0.25) is 0 Å². The van der Waals surface area contributed by atoms with Crippen LogP contribution < -0.4 is 0 Å². The molecule has 1 amide bonds. The highest BCUT2D eigenvalue weighted by Crippen LogP contribution is 2.30. The first kappa shape index (κ1) is 11.4. The van der Waals surface area contributed by atoms with Crippen LogP contribution in [0.1, 0.15) is 18.0 Å². The molecule has 1 fully saturated rings. The number of likely N-dealkylation sites (tertiary alicyclic amines) is 1. The van der Waals surface area contributed by atoms with Gasteiger partial charge in [0.1, 0.15) is 6.04 Å². The molecule has 0 aliphatic carbocycles. The standard InChI is InChI=1S/C11H12N2O4/c14-10(15)9-5-7(6-13(9)11(16)17)8-3-1-2-4-12-8/h1-4,7,9H,5-6H2,(H,14,15)(H,16,17)/t7?,9-/m1/s1. The van der Waals surface area contributed by atoms with Gasteiger partial charge in [-0.05, 0) is 18.6 Å². The summed E-state index contributed by atoms with van der Waals surface area (Å²) in [5.74, 6) is -1.25. The molecule has 0 saturated carbocycles. The normalized spacial score (nSPS) is 23.6. The Labute approximate surface area is 97.5 Å². The molecule has 6 heteroatoms. The fourth-order valence-corrected chi connectivity index (χ4v) is 2.11. The molecule has 1 aromatic heterocycles. The smallest absolute Gasteiger partial charge is 0.408 e. The monoisotopic (exact) mass is 236 g/mol. The second-order valence-corrected chi connectivity index (χ2v) is 3.98. The molecule has 2 heterocycles. The van der Waals surface area contributed by atoms with E-state index in [4.69, 9.17) is 10.2 Å². The number of carbonyl (C=O) groups is 2. The van der Waals surface area contributed by atoms with Gasteiger partial charge in [-0.2, -0.15) is 0 Å². The van der Waals surface area contributed by atoms with E-state index in [0.717, 1.165) is 10.6 Å². The fraction of sp³-hybridized carbons (Fsp3) is 0.364. The lowest BCUT2D eigenvalue weighted by Gasteiger charge is -2.16. The zero-order chi connectivity index (χ0) is 12.4. The molecule has 1 aromatic rings. The summed E-state index contributed by atoms with van der Waals surface area (Å²) in [6.45, 7) is 0.184. The van der Waals surface area contributed by atoms with Crippen molar-refractivity contribution in [2.75, 3.05) is 6.54 Å². The molecule has 0 radical (unpaired) electrons. The second-order valence-electron chi connectivity index (χ2n) is 3.98. The van der Waals surface area contributed by atoms with Crippen molar-refractivity contribution in [1.82, 2.24) is 9.88 Å². The third-order valence-corrected chi connectivity index (χ3v) is 2.94. The molecule has 6 nitrogen and oxygen atoms in total. The molecular formula is C11H12N2O4. The third kappa shape index (κ3) is 2.20. The minimum Gasteiger partial charge on any atom is -0.480 e. The van der Waals surface area contributed by atoms with Crippen molar-refractivity contribution in [3.63, 3.8) is 0 Å². The Balaban J connectivity index is 2.20. The van der Waals surface area contributed by atoms with Gasteiger partial charge >= 0.3 is 12.1 Å². The van der Waals surface area contributed by atoms with E-state index >= 15 is 0 Å². The summed E-state index contributed by atoms with van der Waals surface area (Å²) in [6.07, 6.45) is 0.698. The number of aliphatic carboxylic acids is 1. The van der Waals surface area contributed by atoms with E-state index in [1.54, 1.807) is 18.3 Å². The fourth-order valence-electron chi connectivity index (χ4n) is 2.11. The van der Waals surface area contributed by atoms with E-state index in [1.807, 2.05) is 6.07 Å². The Bertz CT molecular complexity index is 412. The van der Waals surface area contributed by atoms with Gasteiger partial charge in [-0.3, -0.25) is 9.88 Å². The van der Waals surface area contributed by atoms with E-state index in [-0.39, 0.29) is 18.9 Å². The summed E-state index contributed by atoms with van der Waals surface area (Å²) in [6, 6.07) is 4.39. The Hall–Kier alpha value is -2.11. The number of carboxylic acids is 1. The summed E-state index contributed by atoms with van der Waals surface area (Å²) in [5, 5.41) is 17.9. The van der Waals surface area contributed by atoms with Crippen LogP contribution >= 0.6 is 0 Å². The molecule has 1 unspecified atom stereocenters. The van der Waals surface area contributed by atoms with Crippen LogP contribution in [0.2, 0.25) is 0 Å². The van der Waals surface area contributed by atoms with Crippen molar-refractivity contribution in [3.8, 4) is 0 Å². The molecule has 1 aliphatic heterocycles. The van der Waals surface area contributed by atoms with Crippen LogP contribution in [0.4, 0.5) is 4.79 Å². The van der Waals surface area contributed by atoms with Crippen molar-refractivity contribution in [1.29, 1.82) is 0 Å². The first-order chi connectivity index (χ1) is 8.09. The van der Waals surface area contributed by atoms with Gasteiger partial charge in [-0.25, -0.2) is 9.59 Å². The van der Waals surface area contributed by atoms with Crippen LogP contribution in [0.15, 0.2) is 24.4 Å². The lowest BCUT2D eigenvalue weighted by atomic mass is 10.0. The lowest BCUT2D eigenvalue weighted by molar-refractivity contribution is -0.141. The molecule has 0 aromatic carbocycles. The zero-order valence-corrected chi connectivity index (χ0v) is 8.98. The highest BCUT2D eigenvalue weighted by atomic mass is 16.4. The summed E-state index contributed by atoms with van der Waals surface area (Å²) in [7, 11) is 0. The van der Waals surface area contributed by atoms with Crippen molar-refractivity contribution in [3.05, 3.63) is 30.1 Å². The van der Waals surface area contributed by atoms with Gasteiger partial charge in [0.15, 0.2) is 0 Å². The van der Waals surface area contributed by atoms with Crippen LogP contribution in [0, 0.1) is 0 Å². The Morgan fingerprint density at radius 3 is 2.59 bits per heavy atom. The average Bonchev–Trinajstić information content (AvgIpc) is 2.75. The molecule has 1 saturated heterocycles. The minimum absolute atomic E-state index is 0.145. The van der Waals surface area contributed by atoms with Gasteiger partial charge in [0, 0.05) is 24.4 Å². The van der Waals surface area contributed by atoms with Crippen molar-refractivity contribution in [2.24, 2.45) is 0 Å². The molecule has 17 heavy (non-hydrogen) atoms. The second kappa shape index (κ2) is 4.40. The Morgan fingerprint density at radius 2 is 2.12 bits per heavy atom. The van der Waals surface area contributed by atoms with Crippen molar-refractivity contribution in [2.45, 2.75) is 18.4 Å². The third-order valence-electron chi connectivity index (χ3n) is 2.94. The Kier molecular flexibility index (Phi) is 2.95. The van der Waals surface area contributed by atoms with E-state index in [2.05, 4.69) is 4.98 Å². The first-order valence-electron chi connectivity index (χ1n) is 5.23. The molecule has 1 aliphatic rings. The first-order valence-corrected chi connectivity index (χ1v) is 5.23. The van der Waals surface area contributed by atoms with Crippen LogP contribution in [0.5, 0.6) is 0 Å². The van der Waals surface area contributed by atoms with Crippen LogP contribution in [0.3, 0.4) is 0 Å². The van der Waals surface area contributed by atoms with Crippen molar-refractivity contribution >= 4 is 12.1 Å². The maximum Gasteiger partial charge on any atom is 0.408 e. The lowest BCUT2D eigenvalue weighted by Crippen LogP contribution is -2.39. The number of amides is 1. The van der Waals surface area contributed by atoms with E-state index in [0.29, 0.717) is 0 Å². The maximum atomic E-state index is 11.0. The van der Waals surface area contributed by atoms with E-state index in [9.17, 15) is 9.59 Å². The summed E-state index contributed by atoms with van der Waals surface area (Å²) < 4.78 is 0. The number of nitrogens with zero attached hydrogens (tertiary/aromatic N) is 2. The number of rotatable bonds is 2. The van der Waals surface area contributed by atoms with Crippen LogP contribution in [-0.4, -0.2) is 44.7 Å². The van der Waals surface area contributed by atoms with Gasteiger partial charge < -0.3 is 10.2 Å². The molecular weight excluding hydrogens is 224 g/mol. The quantitative estimate of drug-likeness (QED) is 0.799. The molecule has 90 valence electrons. The summed E-state index contributed by atoms with van der Waals surface area (Å²) in [5.41, 5.74) is 0.738. The van der Waals surface area contributed by atoms with Crippen LogP contribution in [-0.2, 0) is 4.79 Å². The number of pyridine rings is 1. The largest absolute Gasteiger partial charge is 0.480 e. The van der Waals surface area contributed by atoms with Gasteiger partial charge in [0.05, 0.1) is 0 Å². The average molecular weight is 236 g/mol. The summed E-state index contributed by atoms with van der Waals surface area (Å²) in [4.78, 5) is 27.0. The highest BCUT2D eigenvalue weighted by molar-refractivity contribution is 5.80. The SMILES string of the molecule is O=C(O)[C@H]1CC(c2ccccn2)CN1C(=O)O. The number of hydrogen-bond acceptors (Lipinski definition) is 3. The highest BCUT2D eigenvalue weighted by Gasteiger charge is 2.40. The van der Waals surface area contributed by atoms with Gasteiger partial charge in [-0.15, -0.1) is 0 Å². The summed E-state index contributed by atoms with van der Waals surface area (Å²) >= 11 is 0. The molecule has 0 bridgehead atoms. The number of hydrogen-bond donors (Lipinski definition) is 2. The zero-order valence-electron chi connectivity index (χ0n) is 8.98. The molecule has 2 atom stereocenters. The van der Waals surface area contributed by atoms with Crippen LogP contribution in [0.25, 0.3) is 0 Å². The van der Waals surface area contributed by atoms with Gasteiger partial charge in [0.25, 0.3) is 0 Å². The van der Waals surface area contributed by atoms with Gasteiger partial charge in [-0.1, -0.05) is 6.07 Å². The maximum absolute atomic E-state index is 11.0. The van der Waals surface area contributed by atoms with Crippen molar-refractivity contribution < 1.29 is 19.8 Å². The van der Waals surface area contributed by atoms with E-state index in [1.165, 1.54) is 0 Å².